The maximum atomic E-state index is 14.2. The van der Waals surface area contributed by atoms with Crippen LogP contribution in [0.25, 0.3) is 10.6 Å². The fourth-order valence-corrected chi connectivity index (χ4v) is 7.59. The number of rotatable bonds is 11. The first-order valence-corrected chi connectivity index (χ1v) is 15.6. The minimum atomic E-state index is -4.57. The molecular weight excluding hydrogens is 613 g/mol. The normalized spacial score (nSPS) is 11.3. The van der Waals surface area contributed by atoms with Gasteiger partial charge in [0, 0.05) is 17.7 Å². The highest BCUT2D eigenvalue weighted by atomic mass is 32.2. The van der Waals surface area contributed by atoms with Crippen molar-refractivity contribution >= 4 is 29.0 Å². The van der Waals surface area contributed by atoms with Gasteiger partial charge < -0.3 is 18.5 Å². The molecule has 0 unspecified atom stereocenters. The molecule has 42 heavy (non-hydrogen) atoms. The van der Waals surface area contributed by atoms with Gasteiger partial charge in [-0.05, 0) is 42.5 Å². The van der Waals surface area contributed by atoms with Crippen LogP contribution in [-0.4, -0.2) is 33.9 Å². The molecule has 0 fully saturated rings. The number of halogens is 2. The number of ether oxygens (including phenoxy) is 2. The van der Waals surface area contributed by atoms with Crippen LogP contribution in [0.1, 0.15) is 11.1 Å². The number of aromatic nitrogens is 1. The van der Waals surface area contributed by atoms with Gasteiger partial charge in [-0.1, -0.05) is 0 Å². The molecule has 0 saturated heterocycles. The van der Waals surface area contributed by atoms with Crippen molar-refractivity contribution in [1.82, 2.24) is 9.71 Å². The summed E-state index contributed by atoms with van der Waals surface area (Å²) in [5.74, 6) is -1.81. The molecule has 0 amide bonds. The summed E-state index contributed by atoms with van der Waals surface area (Å²) in [6.45, 7) is 0. The van der Waals surface area contributed by atoms with Crippen molar-refractivity contribution in [3.63, 3.8) is 0 Å². The Balaban J connectivity index is 1.61. The van der Waals surface area contributed by atoms with Crippen LogP contribution < -0.4 is 23.2 Å². The topological polar surface area (TPSA) is 161 Å². The quantitative estimate of drug-likeness (QED) is 0.211. The van der Waals surface area contributed by atoms with Crippen molar-refractivity contribution in [3.8, 4) is 45.7 Å². The van der Waals surface area contributed by atoms with Gasteiger partial charge in [0.25, 0.3) is 10.0 Å². The van der Waals surface area contributed by atoms with E-state index in [-0.39, 0.29) is 26.8 Å². The Morgan fingerprint density at radius 1 is 0.905 bits per heavy atom. The van der Waals surface area contributed by atoms with Gasteiger partial charge in [0.1, 0.15) is 46.6 Å². The van der Waals surface area contributed by atoms with E-state index in [1.165, 1.54) is 14.2 Å². The summed E-state index contributed by atoms with van der Waals surface area (Å²) in [7, 11) is -6.00. The molecule has 4 rings (SSSR count). The monoisotopic (exact) mass is 632 g/mol. The van der Waals surface area contributed by atoms with Gasteiger partial charge in [0.05, 0.1) is 31.5 Å². The van der Waals surface area contributed by atoms with E-state index < -0.39 is 35.5 Å². The van der Waals surface area contributed by atoms with Crippen LogP contribution in [0.4, 0.5) is 8.78 Å². The van der Waals surface area contributed by atoms with Crippen LogP contribution in [0.15, 0.2) is 65.0 Å². The lowest BCUT2D eigenvalue weighted by molar-refractivity contribution is 0.355. The van der Waals surface area contributed by atoms with Gasteiger partial charge in [-0.2, -0.15) is 15.2 Å². The SMILES string of the molecule is COc1ccc(-c2ncc(S(=O)(=O)NCP(=O)(Oc3ccc(C#N)c(F)c3)Oc3ccc(C#N)c(F)c3)s2)cc1OC. The van der Waals surface area contributed by atoms with Crippen molar-refractivity contribution in [3.05, 3.63) is 83.6 Å². The molecular formula is C26H19F2N4O7PS2. The third-order valence-corrected chi connectivity index (χ3v) is 10.1. The number of thiazole rings is 1. The van der Waals surface area contributed by atoms with E-state index in [0.717, 1.165) is 53.9 Å². The molecule has 3 aromatic carbocycles. The van der Waals surface area contributed by atoms with E-state index in [9.17, 15) is 21.8 Å². The highest BCUT2D eigenvalue weighted by molar-refractivity contribution is 7.92. The Labute approximate surface area is 243 Å². The molecule has 4 aromatic rings. The van der Waals surface area contributed by atoms with Gasteiger partial charge in [-0.25, -0.2) is 26.7 Å². The maximum absolute atomic E-state index is 14.2. The first-order valence-electron chi connectivity index (χ1n) is 11.6. The van der Waals surface area contributed by atoms with Gasteiger partial charge in [-0.15, -0.1) is 11.3 Å². The summed E-state index contributed by atoms with van der Waals surface area (Å²) < 4.78 is 91.4. The molecule has 216 valence electrons. The average molecular weight is 633 g/mol. The Hall–Kier alpha value is -4.53. The predicted octanol–water partition coefficient (Wildman–Crippen LogP) is 5.44. The molecule has 1 heterocycles. The zero-order valence-electron chi connectivity index (χ0n) is 21.7. The number of nitrogens with one attached hydrogen (secondary N) is 1. The summed E-state index contributed by atoms with van der Waals surface area (Å²) in [4.78, 5) is 4.15. The van der Waals surface area contributed by atoms with E-state index in [2.05, 4.69) is 9.71 Å². The third kappa shape index (κ3) is 6.84. The number of methoxy groups -OCH3 is 2. The van der Waals surface area contributed by atoms with Crippen molar-refractivity contribution in [2.45, 2.75) is 4.21 Å². The lowest BCUT2D eigenvalue weighted by atomic mass is 10.2. The van der Waals surface area contributed by atoms with Gasteiger partial charge in [0.15, 0.2) is 15.7 Å². The average Bonchev–Trinajstić information content (AvgIpc) is 3.48. The number of hydrogen-bond acceptors (Lipinski definition) is 11. The fraction of sp³-hybridized carbons (Fsp3) is 0.115. The first kappa shape index (κ1) is 30.4. The fourth-order valence-electron chi connectivity index (χ4n) is 3.41. The molecule has 1 N–H and O–H groups in total. The predicted molar refractivity (Wildman–Crippen MR) is 147 cm³/mol. The summed E-state index contributed by atoms with van der Waals surface area (Å²) in [6.07, 6.45) is 0.125. The number of sulfonamides is 1. The summed E-state index contributed by atoms with van der Waals surface area (Å²) in [5.41, 5.74) is -0.0889. The second-order valence-corrected chi connectivity index (χ2v) is 13.1. The van der Waals surface area contributed by atoms with Crippen LogP contribution in [0.5, 0.6) is 23.0 Å². The zero-order valence-corrected chi connectivity index (χ0v) is 24.2. The van der Waals surface area contributed by atoms with E-state index in [1.54, 1.807) is 30.3 Å². The molecule has 0 radical (unpaired) electrons. The minimum absolute atomic E-state index is 0.243. The maximum Gasteiger partial charge on any atom is 0.445 e. The van der Waals surface area contributed by atoms with Crippen molar-refractivity contribution in [1.29, 1.82) is 10.5 Å². The molecule has 0 aliphatic rings. The van der Waals surface area contributed by atoms with Crippen molar-refractivity contribution < 1.29 is 40.3 Å². The summed E-state index contributed by atoms with van der Waals surface area (Å²) >= 11 is 0.807. The number of benzene rings is 3. The van der Waals surface area contributed by atoms with E-state index in [0.29, 0.717) is 22.1 Å². The zero-order chi connectivity index (χ0) is 30.5. The van der Waals surface area contributed by atoms with Crippen LogP contribution in [0.2, 0.25) is 0 Å². The van der Waals surface area contributed by atoms with Crippen molar-refractivity contribution in [2.75, 3.05) is 20.5 Å². The summed E-state index contributed by atoms with van der Waals surface area (Å²) in [5, 5.41) is 18.2. The third-order valence-electron chi connectivity index (χ3n) is 5.44. The van der Waals surface area contributed by atoms with Gasteiger partial charge in [0.2, 0.25) is 0 Å². The molecule has 0 saturated carbocycles. The molecule has 0 bridgehead atoms. The Morgan fingerprint density at radius 2 is 1.48 bits per heavy atom. The van der Waals surface area contributed by atoms with E-state index >= 15 is 0 Å². The van der Waals surface area contributed by atoms with Crippen LogP contribution >= 0.6 is 18.9 Å². The van der Waals surface area contributed by atoms with Gasteiger partial charge in [-0.3, -0.25) is 0 Å². The van der Waals surface area contributed by atoms with Crippen LogP contribution in [0, 0.1) is 34.3 Å². The first-order chi connectivity index (χ1) is 20.0. The second kappa shape index (κ2) is 12.5. The van der Waals surface area contributed by atoms with Crippen molar-refractivity contribution in [2.24, 2.45) is 0 Å². The Bertz CT molecular complexity index is 1820. The highest BCUT2D eigenvalue weighted by Gasteiger charge is 2.32. The van der Waals surface area contributed by atoms with E-state index in [1.807, 2.05) is 0 Å². The molecule has 1 aromatic heterocycles. The molecule has 0 spiro atoms. The Kier molecular flexibility index (Phi) is 9.09. The Morgan fingerprint density at radius 3 is 1.98 bits per heavy atom. The second-order valence-electron chi connectivity index (χ2n) is 8.16. The smallest absolute Gasteiger partial charge is 0.445 e. The van der Waals surface area contributed by atoms with Crippen LogP contribution in [0.3, 0.4) is 0 Å². The van der Waals surface area contributed by atoms with Gasteiger partial charge >= 0.3 is 7.60 Å². The minimum Gasteiger partial charge on any atom is -0.493 e. The molecule has 0 aliphatic carbocycles. The molecule has 0 aliphatic heterocycles. The highest BCUT2D eigenvalue weighted by Crippen LogP contribution is 2.48. The standard InChI is InChI=1S/C26H19F2N4O7PS2/c1-36-23-8-5-16(9-24(23)37-2)26-31-14-25(41-26)42(34,35)32-15-40(33,38-19-6-3-17(12-29)21(27)10-19)39-20-7-4-18(13-30)22(28)11-20/h3-11,14,32H,15H2,1-2H3. The number of nitrogens with zero attached hydrogens (tertiary/aromatic N) is 3. The number of hydrogen-bond donors (Lipinski definition) is 1. The largest absolute Gasteiger partial charge is 0.493 e. The molecule has 0 atom stereocenters. The molecule has 16 heteroatoms. The molecule has 11 nitrogen and oxygen atoms in total. The lowest BCUT2D eigenvalue weighted by Crippen LogP contribution is -2.26. The lowest BCUT2D eigenvalue weighted by Gasteiger charge is -2.20. The van der Waals surface area contributed by atoms with Crippen LogP contribution in [-0.2, 0) is 14.6 Å². The number of nitriles is 2. The summed E-state index contributed by atoms with van der Waals surface area (Å²) in [6, 6.07) is 14.1. The van der Waals surface area contributed by atoms with E-state index in [4.69, 9.17) is 29.0 Å².